The van der Waals surface area contributed by atoms with Crippen LogP contribution in [0, 0.1) is 20.8 Å². The average Bonchev–Trinajstić information content (AvgIpc) is 3.26. The predicted octanol–water partition coefficient (Wildman–Crippen LogP) is 4.92. The smallest absolute Gasteiger partial charge is 0.296 e. The number of carbonyl (C=O) groups excluding carboxylic acids is 1. The molecule has 0 aliphatic heterocycles. The number of nitrogens with one attached hydrogen (secondary N) is 1. The lowest BCUT2D eigenvalue weighted by atomic mass is 10.1. The van der Waals surface area contributed by atoms with E-state index >= 15 is 0 Å². The van der Waals surface area contributed by atoms with Crippen LogP contribution < -0.4 is 10.9 Å². The highest BCUT2D eigenvalue weighted by molar-refractivity contribution is 6.31. The SMILES string of the molecule is Cc1ccc(Cn2c(=O)c3nc(C(=O)Nc4ccc(C)c(Cl)c4)nn3c3ccc(C)cc32)cc1. The van der Waals surface area contributed by atoms with Gasteiger partial charge in [0, 0.05) is 10.7 Å². The molecule has 170 valence electrons. The van der Waals surface area contributed by atoms with Gasteiger partial charge in [-0.25, -0.2) is 4.52 Å². The first-order valence-electron chi connectivity index (χ1n) is 10.8. The monoisotopic (exact) mass is 471 g/mol. The molecule has 0 aliphatic carbocycles. The van der Waals surface area contributed by atoms with Gasteiger partial charge in [-0.15, -0.1) is 5.10 Å². The van der Waals surface area contributed by atoms with Gasteiger partial charge in [-0.2, -0.15) is 4.98 Å². The first-order chi connectivity index (χ1) is 16.3. The highest BCUT2D eigenvalue weighted by Gasteiger charge is 2.20. The molecule has 1 amide bonds. The fourth-order valence-corrected chi connectivity index (χ4v) is 4.04. The van der Waals surface area contributed by atoms with E-state index < -0.39 is 5.91 Å². The third-order valence-corrected chi connectivity index (χ3v) is 6.19. The summed E-state index contributed by atoms with van der Waals surface area (Å²) in [5, 5.41) is 7.67. The van der Waals surface area contributed by atoms with Crippen LogP contribution in [0.5, 0.6) is 0 Å². The second-order valence-electron chi connectivity index (χ2n) is 8.46. The fourth-order valence-electron chi connectivity index (χ4n) is 3.86. The Morgan fingerprint density at radius 3 is 2.41 bits per heavy atom. The number of hydrogen-bond acceptors (Lipinski definition) is 4. The van der Waals surface area contributed by atoms with E-state index in [0.717, 1.165) is 27.8 Å². The summed E-state index contributed by atoms with van der Waals surface area (Å²) in [6.45, 7) is 6.25. The van der Waals surface area contributed by atoms with Gasteiger partial charge in [-0.1, -0.05) is 53.6 Å². The van der Waals surface area contributed by atoms with Crippen LogP contribution in [0.2, 0.25) is 5.02 Å². The number of amides is 1. The van der Waals surface area contributed by atoms with Crippen molar-refractivity contribution in [3.8, 4) is 0 Å². The number of nitrogens with zero attached hydrogens (tertiary/aromatic N) is 4. The second kappa shape index (κ2) is 8.43. The second-order valence-corrected chi connectivity index (χ2v) is 8.87. The van der Waals surface area contributed by atoms with Crippen LogP contribution in [0.4, 0.5) is 5.69 Å². The molecule has 2 aromatic heterocycles. The van der Waals surface area contributed by atoms with Crippen LogP contribution in [0.3, 0.4) is 0 Å². The Balaban J connectivity index is 1.62. The predicted molar refractivity (Wildman–Crippen MR) is 134 cm³/mol. The number of aromatic nitrogens is 4. The minimum absolute atomic E-state index is 0.0931. The maximum absolute atomic E-state index is 13.5. The largest absolute Gasteiger partial charge is 0.319 e. The van der Waals surface area contributed by atoms with Crippen LogP contribution >= 0.6 is 11.6 Å². The Kier molecular flexibility index (Phi) is 5.42. The molecule has 0 unspecified atom stereocenters. The number of fused-ring (bicyclic) bond motifs is 3. The molecule has 0 spiro atoms. The van der Waals surface area contributed by atoms with E-state index in [1.54, 1.807) is 16.7 Å². The first kappa shape index (κ1) is 21.9. The lowest BCUT2D eigenvalue weighted by molar-refractivity contribution is 0.101. The molecule has 0 bridgehead atoms. The zero-order chi connectivity index (χ0) is 24.0. The van der Waals surface area contributed by atoms with Crippen molar-refractivity contribution in [3.05, 3.63) is 104 Å². The van der Waals surface area contributed by atoms with Gasteiger partial charge in [0.2, 0.25) is 11.5 Å². The topological polar surface area (TPSA) is 81.3 Å². The first-order valence-corrected chi connectivity index (χ1v) is 11.2. The van der Waals surface area contributed by atoms with Gasteiger partial charge in [0.05, 0.1) is 17.6 Å². The number of anilines is 1. The summed E-state index contributed by atoms with van der Waals surface area (Å²) in [7, 11) is 0. The summed E-state index contributed by atoms with van der Waals surface area (Å²) in [5.41, 5.74) is 5.77. The van der Waals surface area contributed by atoms with E-state index in [0.29, 0.717) is 22.8 Å². The van der Waals surface area contributed by atoms with Crippen molar-refractivity contribution < 1.29 is 4.79 Å². The van der Waals surface area contributed by atoms with Crippen molar-refractivity contribution in [2.45, 2.75) is 27.3 Å². The van der Waals surface area contributed by atoms with E-state index in [2.05, 4.69) is 15.4 Å². The molecule has 3 aromatic carbocycles. The van der Waals surface area contributed by atoms with E-state index in [1.807, 2.05) is 69.3 Å². The third-order valence-electron chi connectivity index (χ3n) is 5.79. The Hall–Kier alpha value is -3.97. The standard InChI is InChI=1S/C26H22ClN5O2/c1-15-4-8-18(9-5-15)14-31-22-12-16(2)6-11-21(22)32-24(26(31)34)29-23(30-32)25(33)28-19-10-7-17(3)20(27)13-19/h4-13H,14H2,1-3H3,(H,28,33). The number of aryl methyl sites for hydroxylation is 3. The van der Waals surface area contributed by atoms with E-state index in [9.17, 15) is 9.59 Å². The number of rotatable bonds is 4. The van der Waals surface area contributed by atoms with Crippen molar-refractivity contribution >= 4 is 39.9 Å². The van der Waals surface area contributed by atoms with Gasteiger partial charge < -0.3 is 5.32 Å². The highest BCUT2D eigenvalue weighted by Crippen LogP contribution is 2.21. The zero-order valence-electron chi connectivity index (χ0n) is 19.0. The minimum Gasteiger partial charge on any atom is -0.319 e. The maximum atomic E-state index is 13.5. The van der Waals surface area contributed by atoms with E-state index in [1.165, 1.54) is 4.52 Å². The van der Waals surface area contributed by atoms with E-state index in [-0.39, 0.29) is 17.0 Å². The fraction of sp³-hybridized carbons (Fsp3) is 0.154. The van der Waals surface area contributed by atoms with Gasteiger partial charge in [0.1, 0.15) is 0 Å². The van der Waals surface area contributed by atoms with Gasteiger partial charge >= 0.3 is 0 Å². The molecular weight excluding hydrogens is 450 g/mol. The molecule has 0 fully saturated rings. The van der Waals surface area contributed by atoms with Crippen molar-refractivity contribution in [3.63, 3.8) is 0 Å². The Morgan fingerprint density at radius 1 is 0.941 bits per heavy atom. The summed E-state index contributed by atoms with van der Waals surface area (Å²) >= 11 is 6.17. The van der Waals surface area contributed by atoms with Gasteiger partial charge in [-0.05, 0) is 61.7 Å². The minimum atomic E-state index is -0.520. The van der Waals surface area contributed by atoms with Crippen LogP contribution in [0.1, 0.15) is 32.9 Å². The molecule has 7 nitrogen and oxygen atoms in total. The van der Waals surface area contributed by atoms with E-state index in [4.69, 9.17) is 11.6 Å². The lowest BCUT2D eigenvalue weighted by Gasteiger charge is -2.12. The summed E-state index contributed by atoms with van der Waals surface area (Å²) in [4.78, 5) is 30.7. The Labute approximate surface area is 200 Å². The third kappa shape index (κ3) is 3.95. The van der Waals surface area contributed by atoms with Crippen LogP contribution in [-0.2, 0) is 6.54 Å². The molecule has 8 heteroatoms. The summed E-state index contributed by atoms with van der Waals surface area (Å²) in [6.07, 6.45) is 0. The molecule has 0 aliphatic rings. The normalized spacial score (nSPS) is 11.3. The van der Waals surface area contributed by atoms with Crippen LogP contribution in [0.15, 0.2) is 65.5 Å². The van der Waals surface area contributed by atoms with Crippen molar-refractivity contribution in [1.29, 1.82) is 0 Å². The lowest BCUT2D eigenvalue weighted by Crippen LogP contribution is -2.24. The summed E-state index contributed by atoms with van der Waals surface area (Å²) < 4.78 is 3.12. The van der Waals surface area contributed by atoms with Gasteiger partial charge in [-0.3, -0.25) is 14.2 Å². The number of hydrogen-bond donors (Lipinski definition) is 1. The molecule has 0 saturated carbocycles. The molecule has 34 heavy (non-hydrogen) atoms. The molecule has 2 heterocycles. The molecule has 0 saturated heterocycles. The molecular formula is C26H22ClN5O2. The van der Waals surface area contributed by atoms with Crippen molar-refractivity contribution in [1.82, 2.24) is 19.2 Å². The Morgan fingerprint density at radius 2 is 1.68 bits per heavy atom. The Bertz CT molecular complexity index is 1630. The van der Waals surface area contributed by atoms with Crippen LogP contribution in [0.25, 0.3) is 16.7 Å². The average molecular weight is 472 g/mol. The molecule has 1 N–H and O–H groups in total. The van der Waals surface area contributed by atoms with Crippen LogP contribution in [-0.4, -0.2) is 25.1 Å². The number of benzene rings is 3. The van der Waals surface area contributed by atoms with Crippen molar-refractivity contribution in [2.24, 2.45) is 0 Å². The van der Waals surface area contributed by atoms with Gasteiger partial charge in [0.25, 0.3) is 11.5 Å². The molecule has 0 atom stereocenters. The maximum Gasteiger partial charge on any atom is 0.296 e. The summed E-state index contributed by atoms with van der Waals surface area (Å²) in [6, 6.07) is 19.0. The summed E-state index contributed by atoms with van der Waals surface area (Å²) in [5.74, 6) is -0.614. The molecule has 0 radical (unpaired) electrons. The molecule has 5 rings (SSSR count). The highest BCUT2D eigenvalue weighted by atomic mass is 35.5. The zero-order valence-corrected chi connectivity index (χ0v) is 19.7. The van der Waals surface area contributed by atoms with Gasteiger partial charge in [0.15, 0.2) is 0 Å². The number of halogens is 1. The number of carbonyl (C=O) groups is 1. The molecule has 5 aromatic rings. The van der Waals surface area contributed by atoms with Crippen molar-refractivity contribution in [2.75, 3.05) is 5.32 Å². The quantitative estimate of drug-likeness (QED) is 0.403.